The van der Waals surface area contributed by atoms with Crippen molar-refractivity contribution in [2.75, 3.05) is 6.61 Å². The van der Waals surface area contributed by atoms with Gasteiger partial charge in [0.25, 0.3) is 11.6 Å². The zero-order valence-corrected chi connectivity index (χ0v) is 14.4. The van der Waals surface area contributed by atoms with Crippen molar-refractivity contribution < 1.29 is 24.4 Å². The van der Waals surface area contributed by atoms with Crippen LogP contribution in [0.4, 0.5) is 5.69 Å². The number of aliphatic hydroxyl groups is 1. The normalized spacial score (nSPS) is 20.7. The van der Waals surface area contributed by atoms with Gasteiger partial charge in [-0.2, -0.15) is 0 Å². The van der Waals surface area contributed by atoms with Gasteiger partial charge in [-0.25, -0.2) is 4.79 Å². The number of hydrogen-bond acceptors (Lipinski definition) is 6. The molecule has 0 bridgehead atoms. The van der Waals surface area contributed by atoms with E-state index in [9.17, 15) is 24.8 Å². The third-order valence-electron chi connectivity index (χ3n) is 4.65. The molecule has 0 radical (unpaired) electrons. The molecule has 2 heterocycles. The lowest BCUT2D eigenvalue weighted by atomic mass is 9.90. The van der Waals surface area contributed by atoms with Crippen LogP contribution in [0.2, 0.25) is 0 Å². The summed E-state index contributed by atoms with van der Waals surface area (Å²) in [4.78, 5) is 36.3. The highest BCUT2D eigenvalue weighted by atomic mass is 16.6. The van der Waals surface area contributed by atoms with E-state index in [0.717, 1.165) is 5.57 Å². The predicted octanol–water partition coefficient (Wildman–Crippen LogP) is 1.84. The highest BCUT2D eigenvalue weighted by Crippen LogP contribution is 2.43. The summed E-state index contributed by atoms with van der Waals surface area (Å²) in [7, 11) is 0. The molecule has 1 saturated heterocycles. The van der Waals surface area contributed by atoms with Crippen molar-refractivity contribution in [1.29, 1.82) is 0 Å². The molecule has 1 aromatic carbocycles. The summed E-state index contributed by atoms with van der Waals surface area (Å²) in [6, 6.07) is 5.51. The van der Waals surface area contributed by atoms with Crippen LogP contribution in [0.3, 0.4) is 0 Å². The van der Waals surface area contributed by atoms with Crippen LogP contribution >= 0.6 is 0 Å². The maximum absolute atomic E-state index is 12.4. The topological polar surface area (TPSA) is 110 Å². The number of ether oxygens (including phenoxy) is 1. The Kier molecular flexibility index (Phi) is 4.60. The van der Waals surface area contributed by atoms with Crippen molar-refractivity contribution in [3.8, 4) is 0 Å². The second kappa shape index (κ2) is 6.72. The summed E-state index contributed by atoms with van der Waals surface area (Å²) >= 11 is 0. The summed E-state index contributed by atoms with van der Waals surface area (Å²) < 4.78 is 5.28. The molecule has 136 valence electrons. The maximum Gasteiger partial charge on any atom is 0.355 e. The third kappa shape index (κ3) is 2.88. The molecule has 1 fully saturated rings. The average Bonchev–Trinajstić information content (AvgIpc) is 2.92. The van der Waals surface area contributed by atoms with Crippen LogP contribution in [0.5, 0.6) is 0 Å². The molecular weight excluding hydrogens is 340 g/mol. The van der Waals surface area contributed by atoms with Gasteiger partial charge < -0.3 is 9.84 Å². The van der Waals surface area contributed by atoms with Crippen LogP contribution in [0.25, 0.3) is 0 Å². The van der Waals surface area contributed by atoms with Crippen LogP contribution in [-0.4, -0.2) is 39.5 Å². The fourth-order valence-electron chi connectivity index (χ4n) is 3.28. The molecule has 0 saturated carbocycles. The quantitative estimate of drug-likeness (QED) is 0.283. The van der Waals surface area contributed by atoms with E-state index in [1.807, 2.05) is 0 Å². The molecule has 1 unspecified atom stereocenters. The molecule has 0 spiro atoms. The van der Waals surface area contributed by atoms with Crippen molar-refractivity contribution in [3.05, 3.63) is 62.4 Å². The second-order valence-electron chi connectivity index (χ2n) is 6.38. The first-order chi connectivity index (χ1) is 12.3. The van der Waals surface area contributed by atoms with Crippen molar-refractivity contribution in [3.63, 3.8) is 0 Å². The smallest absolute Gasteiger partial charge is 0.355 e. The van der Waals surface area contributed by atoms with E-state index >= 15 is 0 Å². The summed E-state index contributed by atoms with van der Waals surface area (Å²) in [5.41, 5.74) is 2.76. The summed E-state index contributed by atoms with van der Waals surface area (Å²) in [5, 5.41) is 19.9. The molecular formula is C18H18N2O6. The Morgan fingerprint density at radius 1 is 1.38 bits per heavy atom. The Hall–Kier alpha value is -3.00. The van der Waals surface area contributed by atoms with Gasteiger partial charge in [0.2, 0.25) is 0 Å². The summed E-state index contributed by atoms with van der Waals surface area (Å²) in [6.45, 7) is 3.24. The number of carbonyl (C=O) groups excluding carboxylic acids is 2. The van der Waals surface area contributed by atoms with E-state index in [4.69, 9.17) is 4.74 Å². The highest BCUT2D eigenvalue weighted by Gasteiger charge is 2.51. The Morgan fingerprint density at radius 2 is 2.04 bits per heavy atom. The molecule has 8 nitrogen and oxygen atoms in total. The number of β-lactam (4-membered cyclic amide) rings is 1. The number of nitro benzene ring substituents is 1. The number of nitro groups is 1. The van der Waals surface area contributed by atoms with Crippen LogP contribution in [0, 0.1) is 10.1 Å². The second-order valence-corrected chi connectivity index (χ2v) is 6.38. The molecule has 8 heteroatoms. The molecule has 2 aliphatic heterocycles. The van der Waals surface area contributed by atoms with Crippen molar-refractivity contribution in [2.45, 2.75) is 32.9 Å². The van der Waals surface area contributed by atoms with Gasteiger partial charge in [-0.1, -0.05) is 0 Å². The van der Waals surface area contributed by atoms with Gasteiger partial charge in [0.05, 0.1) is 17.6 Å². The monoisotopic (exact) mass is 358 g/mol. The SMILES string of the molecule is CC(CO)=C1C(=O)N2C(C(=O)OCc3ccc([N+](=O)[O-])cc3)=C(C)CC12. The fraction of sp³-hybridized carbons (Fsp3) is 0.333. The standard InChI is InChI=1S/C18H18N2O6/c1-10-7-14-15(11(2)8-21)17(22)19(14)16(10)18(23)26-9-12-3-5-13(6-4-12)20(24)25/h3-6,14,21H,7-9H2,1-2H3. The largest absolute Gasteiger partial charge is 0.456 e. The predicted molar refractivity (Wildman–Crippen MR) is 90.6 cm³/mol. The highest BCUT2D eigenvalue weighted by molar-refractivity contribution is 6.09. The number of carbonyl (C=O) groups is 2. The van der Waals surface area contributed by atoms with Crippen molar-refractivity contribution in [2.24, 2.45) is 0 Å². The van der Waals surface area contributed by atoms with Gasteiger partial charge in [-0.05, 0) is 49.1 Å². The average molecular weight is 358 g/mol. The van der Waals surface area contributed by atoms with Gasteiger partial charge in [0.1, 0.15) is 12.3 Å². The Balaban J connectivity index is 1.68. The molecule has 1 amide bonds. The number of esters is 1. The van der Waals surface area contributed by atoms with E-state index in [1.165, 1.54) is 29.2 Å². The molecule has 0 aromatic heterocycles. The molecule has 3 rings (SSSR count). The van der Waals surface area contributed by atoms with Crippen LogP contribution < -0.4 is 0 Å². The minimum atomic E-state index is -0.600. The first-order valence-corrected chi connectivity index (χ1v) is 8.09. The van der Waals surface area contributed by atoms with E-state index in [1.54, 1.807) is 13.8 Å². The number of rotatable bonds is 5. The van der Waals surface area contributed by atoms with Crippen LogP contribution in [0.1, 0.15) is 25.8 Å². The van der Waals surface area contributed by atoms with Gasteiger partial charge in [0, 0.05) is 17.7 Å². The number of benzene rings is 1. The Labute approximate surface area is 149 Å². The minimum absolute atomic E-state index is 0.0398. The molecule has 1 atom stereocenters. The number of fused-ring (bicyclic) bond motifs is 1. The van der Waals surface area contributed by atoms with Crippen molar-refractivity contribution in [1.82, 2.24) is 4.90 Å². The number of hydrogen-bond donors (Lipinski definition) is 1. The zero-order chi connectivity index (χ0) is 19.0. The minimum Gasteiger partial charge on any atom is -0.456 e. The molecule has 2 aliphatic rings. The van der Waals surface area contributed by atoms with Gasteiger partial charge in [0.15, 0.2) is 0 Å². The van der Waals surface area contributed by atoms with E-state index in [-0.39, 0.29) is 36.5 Å². The molecule has 1 N–H and O–H groups in total. The maximum atomic E-state index is 12.4. The van der Waals surface area contributed by atoms with Crippen molar-refractivity contribution >= 4 is 17.6 Å². The lowest BCUT2D eigenvalue weighted by Crippen LogP contribution is -2.53. The van der Waals surface area contributed by atoms with Gasteiger partial charge >= 0.3 is 5.97 Å². The van der Waals surface area contributed by atoms with Gasteiger partial charge in [-0.15, -0.1) is 0 Å². The number of amides is 1. The van der Waals surface area contributed by atoms with E-state index < -0.39 is 10.9 Å². The summed E-state index contributed by atoms with van der Waals surface area (Å²) in [5.74, 6) is -0.877. The molecule has 0 aliphatic carbocycles. The fourth-order valence-corrected chi connectivity index (χ4v) is 3.28. The van der Waals surface area contributed by atoms with Gasteiger partial charge in [-0.3, -0.25) is 19.8 Å². The lowest BCUT2D eigenvalue weighted by molar-refractivity contribution is -0.384. The summed E-state index contributed by atoms with van der Waals surface area (Å²) in [6.07, 6.45) is 0.542. The van der Waals surface area contributed by atoms with E-state index in [2.05, 4.69) is 0 Å². The molecule has 1 aromatic rings. The zero-order valence-electron chi connectivity index (χ0n) is 14.4. The Bertz CT molecular complexity index is 853. The van der Waals surface area contributed by atoms with Crippen LogP contribution in [0.15, 0.2) is 46.7 Å². The number of non-ortho nitro benzene ring substituents is 1. The first kappa shape index (κ1) is 17.8. The Morgan fingerprint density at radius 3 is 2.62 bits per heavy atom. The number of aliphatic hydroxyl groups excluding tert-OH is 1. The lowest BCUT2D eigenvalue weighted by Gasteiger charge is -2.39. The third-order valence-corrected chi connectivity index (χ3v) is 4.65. The first-order valence-electron chi connectivity index (χ1n) is 8.09. The molecule has 26 heavy (non-hydrogen) atoms. The number of nitrogens with zero attached hydrogens (tertiary/aromatic N) is 2. The van der Waals surface area contributed by atoms with E-state index in [0.29, 0.717) is 23.1 Å². The van der Waals surface area contributed by atoms with Crippen LogP contribution in [-0.2, 0) is 20.9 Å².